The third kappa shape index (κ3) is 2.93. The van der Waals surface area contributed by atoms with E-state index in [-0.39, 0.29) is 5.75 Å². The smallest absolute Gasteiger partial charge is 0.160 e. The van der Waals surface area contributed by atoms with E-state index >= 15 is 0 Å². The molecule has 0 aliphatic rings. The van der Waals surface area contributed by atoms with Crippen molar-refractivity contribution in [1.29, 1.82) is 0 Å². The van der Waals surface area contributed by atoms with Gasteiger partial charge in [-0.3, -0.25) is 0 Å². The summed E-state index contributed by atoms with van der Waals surface area (Å²) in [6.45, 7) is 2.59. The van der Waals surface area contributed by atoms with Gasteiger partial charge in [-0.15, -0.1) is 0 Å². The second kappa shape index (κ2) is 6.40. The van der Waals surface area contributed by atoms with Gasteiger partial charge in [-0.2, -0.15) is 9.61 Å². The molecule has 0 bridgehead atoms. The number of aromatic nitrogens is 3. The van der Waals surface area contributed by atoms with E-state index in [0.29, 0.717) is 17.8 Å². The summed E-state index contributed by atoms with van der Waals surface area (Å²) in [5, 5.41) is 18.0. The Bertz CT molecular complexity index is 1070. The van der Waals surface area contributed by atoms with Crippen LogP contribution in [0.5, 0.6) is 5.75 Å². The molecule has 0 aliphatic heterocycles. The largest absolute Gasteiger partial charge is 0.507 e. The zero-order valence-corrected chi connectivity index (χ0v) is 14.3. The first-order chi connectivity index (χ1) is 12.6. The number of nitrogens with two attached hydrogens (primary N) is 1. The molecule has 0 spiro atoms. The summed E-state index contributed by atoms with van der Waals surface area (Å²) >= 11 is 0. The molecule has 0 aliphatic carbocycles. The van der Waals surface area contributed by atoms with Crippen LogP contribution in [0, 0.1) is 6.92 Å². The molecule has 0 radical (unpaired) electrons. The first-order valence-corrected chi connectivity index (χ1v) is 8.34. The van der Waals surface area contributed by atoms with Crippen LogP contribution in [0.15, 0.2) is 60.8 Å². The van der Waals surface area contributed by atoms with E-state index in [2.05, 4.69) is 15.4 Å². The van der Waals surface area contributed by atoms with Gasteiger partial charge < -0.3 is 16.2 Å². The third-order valence-electron chi connectivity index (χ3n) is 4.28. The van der Waals surface area contributed by atoms with Crippen molar-refractivity contribution in [3.05, 3.63) is 71.9 Å². The lowest BCUT2D eigenvalue weighted by atomic mass is 10.1. The molecule has 6 nitrogen and oxygen atoms in total. The molecule has 6 heteroatoms. The summed E-state index contributed by atoms with van der Waals surface area (Å²) in [6, 6.07) is 16.8. The highest BCUT2D eigenvalue weighted by molar-refractivity contribution is 5.72. The third-order valence-corrected chi connectivity index (χ3v) is 4.28. The second-order valence-corrected chi connectivity index (χ2v) is 6.20. The fraction of sp³-hybridized carbons (Fsp3) is 0.100. The van der Waals surface area contributed by atoms with Crippen molar-refractivity contribution in [2.75, 3.05) is 11.1 Å². The molecule has 0 saturated carbocycles. The summed E-state index contributed by atoms with van der Waals surface area (Å²) in [4.78, 5) is 4.68. The molecular formula is C20H19N5O. The van der Waals surface area contributed by atoms with Crippen molar-refractivity contribution in [3.8, 4) is 17.0 Å². The standard InChI is InChI=1S/C20H19N5O/c1-13-11-23-25-19(22-12-14-6-8-15(21)9-7-14)10-17(24-20(13)25)16-4-2-3-5-18(16)26/h2-11,22,26H,12,21H2,1H3. The Labute approximate surface area is 150 Å². The van der Waals surface area contributed by atoms with Crippen LogP contribution >= 0.6 is 0 Å². The highest BCUT2D eigenvalue weighted by Gasteiger charge is 2.12. The number of nitrogen functional groups attached to an aromatic ring is 1. The lowest BCUT2D eigenvalue weighted by molar-refractivity contribution is 0.477. The van der Waals surface area contributed by atoms with Crippen LogP contribution < -0.4 is 11.1 Å². The van der Waals surface area contributed by atoms with Crippen LogP contribution in [0.2, 0.25) is 0 Å². The average molecular weight is 345 g/mol. The Balaban J connectivity index is 1.75. The summed E-state index contributed by atoms with van der Waals surface area (Å²) in [5.41, 5.74) is 10.7. The number of phenolic OH excluding ortho intramolecular Hbond substituents is 1. The molecular weight excluding hydrogens is 326 g/mol. The summed E-state index contributed by atoms with van der Waals surface area (Å²) in [5.74, 6) is 1.00. The molecule has 0 unspecified atom stereocenters. The lowest BCUT2D eigenvalue weighted by Crippen LogP contribution is -2.07. The Morgan fingerprint density at radius 3 is 2.65 bits per heavy atom. The monoisotopic (exact) mass is 345 g/mol. The van der Waals surface area contributed by atoms with Gasteiger partial charge in [-0.25, -0.2) is 4.98 Å². The predicted molar refractivity (Wildman–Crippen MR) is 103 cm³/mol. The van der Waals surface area contributed by atoms with Gasteiger partial charge in [0.15, 0.2) is 5.65 Å². The molecule has 2 aromatic carbocycles. The Hall–Kier alpha value is -3.54. The van der Waals surface area contributed by atoms with Gasteiger partial charge in [0.2, 0.25) is 0 Å². The number of fused-ring (bicyclic) bond motifs is 1. The molecule has 2 heterocycles. The molecule has 0 fully saturated rings. The number of para-hydroxylation sites is 1. The van der Waals surface area contributed by atoms with Crippen LogP contribution in [-0.2, 0) is 6.54 Å². The van der Waals surface area contributed by atoms with E-state index in [0.717, 1.165) is 28.3 Å². The number of hydrogen-bond acceptors (Lipinski definition) is 5. The summed E-state index contributed by atoms with van der Waals surface area (Å²) < 4.78 is 1.77. The van der Waals surface area contributed by atoms with Crippen molar-refractivity contribution in [1.82, 2.24) is 14.6 Å². The average Bonchev–Trinajstić information content (AvgIpc) is 3.02. The number of benzene rings is 2. The summed E-state index contributed by atoms with van der Waals surface area (Å²) in [6.07, 6.45) is 1.78. The van der Waals surface area contributed by atoms with E-state index in [1.807, 2.05) is 49.4 Å². The lowest BCUT2D eigenvalue weighted by Gasteiger charge is -2.12. The number of aromatic hydroxyl groups is 1. The first kappa shape index (κ1) is 16.0. The number of nitrogens with zero attached hydrogens (tertiary/aromatic N) is 3. The van der Waals surface area contributed by atoms with Crippen LogP contribution in [0.4, 0.5) is 11.5 Å². The number of rotatable bonds is 4. The fourth-order valence-corrected chi connectivity index (χ4v) is 2.85. The van der Waals surface area contributed by atoms with Crippen LogP contribution in [-0.4, -0.2) is 19.7 Å². The fourth-order valence-electron chi connectivity index (χ4n) is 2.85. The second-order valence-electron chi connectivity index (χ2n) is 6.20. The van der Waals surface area contributed by atoms with Crippen molar-refractivity contribution in [2.24, 2.45) is 0 Å². The van der Waals surface area contributed by atoms with Crippen LogP contribution in [0.3, 0.4) is 0 Å². The van der Waals surface area contributed by atoms with Crippen molar-refractivity contribution in [3.63, 3.8) is 0 Å². The van der Waals surface area contributed by atoms with Crippen molar-refractivity contribution in [2.45, 2.75) is 13.5 Å². The molecule has 26 heavy (non-hydrogen) atoms. The van der Waals surface area contributed by atoms with Gasteiger partial charge in [0.25, 0.3) is 0 Å². The van der Waals surface area contributed by atoms with Crippen LogP contribution in [0.1, 0.15) is 11.1 Å². The highest BCUT2D eigenvalue weighted by Crippen LogP contribution is 2.30. The number of nitrogens with one attached hydrogen (secondary N) is 1. The maximum absolute atomic E-state index is 10.2. The molecule has 4 rings (SSSR count). The first-order valence-electron chi connectivity index (χ1n) is 8.34. The minimum atomic E-state index is 0.200. The minimum Gasteiger partial charge on any atom is -0.507 e. The highest BCUT2D eigenvalue weighted by atomic mass is 16.3. The van der Waals surface area contributed by atoms with E-state index in [1.54, 1.807) is 22.8 Å². The number of phenols is 1. The normalized spacial score (nSPS) is 11.0. The van der Waals surface area contributed by atoms with E-state index in [4.69, 9.17) is 5.73 Å². The Kier molecular flexibility index (Phi) is 3.93. The van der Waals surface area contributed by atoms with E-state index < -0.39 is 0 Å². The molecule has 130 valence electrons. The minimum absolute atomic E-state index is 0.200. The predicted octanol–water partition coefficient (Wildman–Crippen LogP) is 3.60. The van der Waals surface area contributed by atoms with Gasteiger partial charge in [0.05, 0.1) is 11.9 Å². The molecule has 4 aromatic rings. The topological polar surface area (TPSA) is 88.5 Å². The van der Waals surface area contributed by atoms with Crippen molar-refractivity contribution < 1.29 is 5.11 Å². The van der Waals surface area contributed by atoms with Gasteiger partial charge in [-0.1, -0.05) is 24.3 Å². The molecule has 0 amide bonds. The maximum atomic E-state index is 10.2. The Morgan fingerprint density at radius 2 is 1.88 bits per heavy atom. The summed E-state index contributed by atoms with van der Waals surface area (Å²) in [7, 11) is 0. The zero-order chi connectivity index (χ0) is 18.1. The molecule has 0 atom stereocenters. The zero-order valence-electron chi connectivity index (χ0n) is 14.3. The number of anilines is 2. The number of aryl methyl sites for hydroxylation is 1. The van der Waals surface area contributed by atoms with Crippen LogP contribution in [0.25, 0.3) is 16.9 Å². The van der Waals surface area contributed by atoms with Crippen molar-refractivity contribution >= 4 is 17.2 Å². The molecule has 2 aromatic heterocycles. The molecule has 0 saturated heterocycles. The number of hydrogen-bond donors (Lipinski definition) is 3. The molecule has 4 N–H and O–H groups in total. The SMILES string of the molecule is Cc1cnn2c(NCc3ccc(N)cc3)cc(-c3ccccc3O)nc12. The van der Waals surface area contributed by atoms with Gasteiger partial charge >= 0.3 is 0 Å². The van der Waals surface area contributed by atoms with E-state index in [1.165, 1.54) is 0 Å². The van der Waals surface area contributed by atoms with Gasteiger partial charge in [-0.05, 0) is 36.8 Å². The Morgan fingerprint density at radius 1 is 1.12 bits per heavy atom. The van der Waals surface area contributed by atoms with Gasteiger partial charge in [0, 0.05) is 29.4 Å². The van der Waals surface area contributed by atoms with Gasteiger partial charge in [0.1, 0.15) is 11.6 Å². The maximum Gasteiger partial charge on any atom is 0.160 e. The van der Waals surface area contributed by atoms with E-state index in [9.17, 15) is 5.11 Å². The quantitative estimate of drug-likeness (QED) is 0.492.